The molecule has 1 aliphatic heterocycles. The lowest BCUT2D eigenvalue weighted by Crippen LogP contribution is -2.42. The molecule has 0 spiro atoms. The van der Waals surface area contributed by atoms with Gasteiger partial charge in [-0.1, -0.05) is 0 Å². The van der Waals surface area contributed by atoms with E-state index in [1.54, 1.807) is 6.92 Å². The van der Waals surface area contributed by atoms with Gasteiger partial charge in [0.1, 0.15) is 4.90 Å². The van der Waals surface area contributed by atoms with E-state index in [1.807, 2.05) is 0 Å². The van der Waals surface area contributed by atoms with Crippen LogP contribution in [0.25, 0.3) is 0 Å². The number of methoxy groups -OCH3 is 1. The normalized spacial score (nSPS) is 20.2. The first kappa shape index (κ1) is 15.7. The number of aryl methyl sites for hydroxylation is 1. The van der Waals surface area contributed by atoms with E-state index < -0.39 is 21.9 Å². The number of pyridine rings is 1. The van der Waals surface area contributed by atoms with E-state index in [0.717, 1.165) is 0 Å². The third-order valence-corrected chi connectivity index (χ3v) is 5.36. The van der Waals surface area contributed by atoms with Gasteiger partial charge < -0.3 is 9.84 Å². The number of nitrogens with zero attached hydrogens (tertiary/aromatic N) is 2. The number of aromatic nitrogens is 1. The first-order valence-corrected chi connectivity index (χ1v) is 8.04. The lowest BCUT2D eigenvalue weighted by molar-refractivity contribution is -0.142. The van der Waals surface area contributed by atoms with Crippen LogP contribution in [-0.2, 0) is 14.8 Å². The highest BCUT2D eigenvalue weighted by molar-refractivity contribution is 7.89. The minimum Gasteiger partial charge on any atom is -0.481 e. The van der Waals surface area contributed by atoms with Crippen LogP contribution >= 0.6 is 0 Å². The first-order valence-electron chi connectivity index (χ1n) is 6.60. The molecule has 1 saturated heterocycles. The van der Waals surface area contributed by atoms with Gasteiger partial charge in [-0.25, -0.2) is 13.4 Å². The van der Waals surface area contributed by atoms with Crippen molar-refractivity contribution in [3.8, 4) is 5.88 Å². The Bertz CT molecular complexity index is 644. The summed E-state index contributed by atoms with van der Waals surface area (Å²) >= 11 is 0. The maximum Gasteiger partial charge on any atom is 0.307 e. The Balaban J connectivity index is 2.38. The fraction of sp³-hybridized carbons (Fsp3) is 0.538. The summed E-state index contributed by atoms with van der Waals surface area (Å²) in [4.78, 5) is 15.0. The molecule has 7 nitrogen and oxygen atoms in total. The number of ether oxygens (including phenoxy) is 1. The van der Waals surface area contributed by atoms with E-state index in [-0.39, 0.29) is 17.3 Å². The van der Waals surface area contributed by atoms with E-state index in [4.69, 9.17) is 9.84 Å². The van der Waals surface area contributed by atoms with Crippen LogP contribution in [0.3, 0.4) is 0 Å². The second-order valence-corrected chi connectivity index (χ2v) is 6.97. The Morgan fingerprint density at radius 3 is 2.86 bits per heavy atom. The van der Waals surface area contributed by atoms with Gasteiger partial charge in [-0.05, 0) is 31.4 Å². The zero-order valence-electron chi connectivity index (χ0n) is 11.9. The van der Waals surface area contributed by atoms with Crippen LogP contribution in [0, 0.1) is 12.8 Å². The molecule has 1 fully saturated rings. The molecule has 0 aromatic carbocycles. The number of hydrogen-bond acceptors (Lipinski definition) is 5. The Morgan fingerprint density at radius 1 is 1.52 bits per heavy atom. The van der Waals surface area contributed by atoms with Gasteiger partial charge in [0.2, 0.25) is 15.9 Å². The van der Waals surface area contributed by atoms with Crippen molar-refractivity contribution in [2.75, 3.05) is 20.2 Å². The Hall–Kier alpha value is -1.67. The molecule has 1 aliphatic rings. The lowest BCUT2D eigenvalue weighted by atomic mass is 10.0. The molecular formula is C13H18N2O5S. The number of hydrogen-bond donors (Lipinski definition) is 1. The summed E-state index contributed by atoms with van der Waals surface area (Å²) in [6, 6.07) is 1.49. The summed E-state index contributed by atoms with van der Waals surface area (Å²) in [5.74, 6) is -1.61. The van der Waals surface area contributed by atoms with Gasteiger partial charge in [-0.3, -0.25) is 4.79 Å². The molecule has 8 heteroatoms. The predicted molar refractivity (Wildman–Crippen MR) is 74.6 cm³/mol. The minimum absolute atomic E-state index is 0.0176. The van der Waals surface area contributed by atoms with Gasteiger partial charge in [0.15, 0.2) is 0 Å². The van der Waals surface area contributed by atoms with Gasteiger partial charge >= 0.3 is 5.97 Å². The molecule has 2 rings (SSSR count). The average Bonchev–Trinajstić information content (AvgIpc) is 2.47. The Morgan fingerprint density at radius 2 is 2.24 bits per heavy atom. The van der Waals surface area contributed by atoms with Crippen LogP contribution in [0.5, 0.6) is 5.88 Å². The quantitative estimate of drug-likeness (QED) is 0.886. The highest BCUT2D eigenvalue weighted by Gasteiger charge is 2.35. The van der Waals surface area contributed by atoms with E-state index >= 15 is 0 Å². The molecule has 116 valence electrons. The second kappa shape index (κ2) is 5.98. The van der Waals surface area contributed by atoms with E-state index in [2.05, 4.69) is 4.98 Å². The third-order valence-electron chi connectivity index (χ3n) is 3.50. The number of aliphatic carboxylic acids is 1. The van der Waals surface area contributed by atoms with Crippen molar-refractivity contribution in [2.45, 2.75) is 24.7 Å². The molecule has 0 radical (unpaired) electrons. The largest absolute Gasteiger partial charge is 0.481 e. The van der Waals surface area contributed by atoms with E-state index in [9.17, 15) is 13.2 Å². The summed E-state index contributed by atoms with van der Waals surface area (Å²) in [5, 5.41) is 9.08. The summed E-state index contributed by atoms with van der Waals surface area (Å²) in [6.45, 7) is 2.03. The summed E-state index contributed by atoms with van der Waals surface area (Å²) < 4.78 is 31.6. The predicted octanol–water partition coefficient (Wildman–Crippen LogP) is 0.884. The van der Waals surface area contributed by atoms with Crippen LogP contribution in [0.4, 0.5) is 0 Å². The number of carboxylic acids is 1. The molecule has 1 atom stereocenters. The molecule has 21 heavy (non-hydrogen) atoms. The van der Waals surface area contributed by atoms with Crippen molar-refractivity contribution < 1.29 is 23.1 Å². The molecule has 0 unspecified atom stereocenters. The molecule has 1 aromatic heterocycles. The van der Waals surface area contributed by atoms with Gasteiger partial charge in [-0.15, -0.1) is 0 Å². The molecule has 0 aliphatic carbocycles. The number of sulfonamides is 1. The van der Waals surface area contributed by atoms with Crippen molar-refractivity contribution in [2.24, 2.45) is 5.92 Å². The monoisotopic (exact) mass is 314 g/mol. The highest BCUT2D eigenvalue weighted by atomic mass is 32.2. The van der Waals surface area contributed by atoms with Crippen molar-refractivity contribution in [3.05, 3.63) is 17.8 Å². The standard InChI is InChI=1S/C13H18N2O5S/c1-9-6-11(12(20-2)14-7-9)21(18,19)15-5-3-4-10(8-15)13(16)17/h6-7,10H,3-5,8H2,1-2H3,(H,16,17)/t10-/m1/s1. The Labute approximate surface area is 123 Å². The number of piperidine rings is 1. The van der Waals surface area contributed by atoms with E-state index in [0.29, 0.717) is 24.9 Å². The molecule has 0 amide bonds. The van der Waals surface area contributed by atoms with Gasteiger partial charge in [0.25, 0.3) is 0 Å². The smallest absolute Gasteiger partial charge is 0.307 e. The molecular weight excluding hydrogens is 296 g/mol. The zero-order chi connectivity index (χ0) is 15.6. The van der Waals surface area contributed by atoms with Gasteiger partial charge in [0.05, 0.1) is 13.0 Å². The summed E-state index contributed by atoms with van der Waals surface area (Å²) in [7, 11) is -2.46. The van der Waals surface area contributed by atoms with E-state index in [1.165, 1.54) is 23.7 Å². The van der Waals surface area contributed by atoms with Crippen molar-refractivity contribution >= 4 is 16.0 Å². The van der Waals surface area contributed by atoms with Crippen molar-refractivity contribution in [1.82, 2.24) is 9.29 Å². The summed E-state index contributed by atoms with van der Waals surface area (Å²) in [6.07, 6.45) is 2.54. The maximum absolute atomic E-state index is 12.7. The van der Waals surface area contributed by atoms with Crippen LogP contribution < -0.4 is 4.74 Å². The van der Waals surface area contributed by atoms with Gasteiger partial charge in [-0.2, -0.15) is 4.31 Å². The number of rotatable bonds is 4. The minimum atomic E-state index is -3.81. The fourth-order valence-electron chi connectivity index (χ4n) is 2.37. The Kier molecular flexibility index (Phi) is 4.48. The SMILES string of the molecule is COc1ncc(C)cc1S(=O)(=O)N1CCC[C@@H](C(=O)O)C1. The van der Waals surface area contributed by atoms with Crippen LogP contribution in [-0.4, -0.2) is 49.0 Å². The molecule has 1 aromatic rings. The topological polar surface area (TPSA) is 96.8 Å². The highest BCUT2D eigenvalue weighted by Crippen LogP contribution is 2.28. The van der Waals surface area contributed by atoms with Crippen LogP contribution in [0.2, 0.25) is 0 Å². The second-order valence-electron chi connectivity index (χ2n) is 5.06. The van der Waals surface area contributed by atoms with Crippen molar-refractivity contribution in [1.29, 1.82) is 0 Å². The summed E-state index contributed by atoms with van der Waals surface area (Å²) in [5.41, 5.74) is 0.696. The van der Waals surface area contributed by atoms with Crippen LogP contribution in [0.1, 0.15) is 18.4 Å². The molecule has 0 bridgehead atoms. The fourth-order valence-corrected chi connectivity index (χ4v) is 4.08. The first-order chi connectivity index (χ1) is 9.86. The van der Waals surface area contributed by atoms with Crippen molar-refractivity contribution in [3.63, 3.8) is 0 Å². The molecule has 0 saturated carbocycles. The third kappa shape index (κ3) is 3.16. The molecule has 2 heterocycles. The van der Waals surface area contributed by atoms with Crippen LogP contribution in [0.15, 0.2) is 17.2 Å². The molecule has 1 N–H and O–H groups in total. The zero-order valence-corrected chi connectivity index (χ0v) is 12.8. The lowest BCUT2D eigenvalue weighted by Gasteiger charge is -2.30. The maximum atomic E-state index is 12.7. The average molecular weight is 314 g/mol. The number of carbonyl (C=O) groups is 1. The number of carboxylic acid groups (broad SMARTS) is 1. The van der Waals surface area contributed by atoms with Gasteiger partial charge in [0, 0.05) is 19.3 Å².